The van der Waals surface area contributed by atoms with E-state index in [9.17, 15) is 48.3 Å². The van der Waals surface area contributed by atoms with Crippen molar-refractivity contribution < 1.29 is 115 Å². The molecule has 36 heteroatoms. The zero-order valence-electron chi connectivity index (χ0n) is 70.8. The van der Waals surface area contributed by atoms with Gasteiger partial charge in [0.15, 0.2) is 67.1 Å². The molecule has 35 nitrogen and oxygen atoms in total. The SMILES string of the molecule is C#C[C@@]12CO[C@@H](O1)[C@H](NC(C)=O)[C@@H](C)[C@H]2C.CC(=O)N[C@H]1[C@H]2OC[C@](C(=O)O)(O2)[C@H](C)[C@@H]1C.CC(=O)N[C@H]1[C@H]2OC[C@](C=O)(O2)[C@H](C)[C@@H]1C.CC(=O)N[C@H]1[C@H]2OC[C@](CN)(O2)[C@H](C)[C@@H]1C.CC(=O)N[C@H]1[C@H]2OC[C@](CN=[N+]=[N-])(O2)[C@H](C)[C@@H]1C.CC(=O)N[C@H]1[C@H]2OC[C@](CS)(O2)[C@H](C)[C@@H]1C.CC[C@@]12CO[C@@H](O1)[C@H](NC(C)=O)[C@@H](C)[C@H]2C. The molecule has 115 heavy (non-hydrogen) atoms. The van der Waals surface area contributed by atoms with Crippen molar-refractivity contribution in [3.05, 3.63) is 10.4 Å². The lowest BCUT2D eigenvalue weighted by Crippen LogP contribution is -2.60. The molecule has 0 aliphatic carbocycles. The molecule has 14 heterocycles. The summed E-state index contributed by atoms with van der Waals surface area (Å²) in [4.78, 5) is 103. The van der Waals surface area contributed by atoms with E-state index in [0.29, 0.717) is 74.9 Å². The van der Waals surface area contributed by atoms with Gasteiger partial charge in [-0.25, -0.2) is 4.79 Å². The van der Waals surface area contributed by atoms with Crippen LogP contribution in [0.5, 0.6) is 0 Å². The summed E-state index contributed by atoms with van der Waals surface area (Å²) < 4.78 is 79.5. The summed E-state index contributed by atoms with van der Waals surface area (Å²) in [5.74, 6) is 4.46. The Kier molecular flexibility index (Phi) is 31.4. The molecule has 14 rings (SSSR count). The van der Waals surface area contributed by atoms with E-state index in [-0.39, 0.29) is 192 Å². The van der Waals surface area contributed by atoms with Gasteiger partial charge in [0.2, 0.25) is 41.4 Å². The lowest BCUT2D eigenvalue weighted by atomic mass is 9.74. The number of aldehydes is 1. The number of nitrogens with one attached hydrogen (secondary N) is 7. The van der Waals surface area contributed by atoms with Gasteiger partial charge in [-0.3, -0.25) is 33.6 Å². The van der Waals surface area contributed by atoms with E-state index in [1.54, 1.807) is 0 Å². The predicted molar refractivity (Wildman–Crippen MR) is 416 cm³/mol. The van der Waals surface area contributed by atoms with Gasteiger partial charge in [-0.1, -0.05) is 115 Å². The molecule has 0 aromatic rings. The van der Waals surface area contributed by atoms with E-state index in [4.69, 9.17) is 84.0 Å². The van der Waals surface area contributed by atoms with Crippen LogP contribution in [0, 0.1) is 95.2 Å². The molecular weight excluding hydrogens is 1520 g/mol. The highest BCUT2D eigenvalue weighted by Crippen LogP contribution is 2.51. The number of ether oxygens (including phenoxy) is 14. The van der Waals surface area contributed by atoms with E-state index in [2.05, 4.69) is 128 Å². The zero-order valence-corrected chi connectivity index (χ0v) is 71.7. The van der Waals surface area contributed by atoms with Crippen LogP contribution in [0.25, 0.3) is 10.4 Å². The molecule has 7 amide bonds. The molecule has 0 saturated carbocycles. The van der Waals surface area contributed by atoms with Gasteiger partial charge in [0.25, 0.3) is 0 Å². The minimum atomic E-state index is -1.26. The topological polar surface area (TPSA) is 462 Å². The van der Waals surface area contributed by atoms with Crippen LogP contribution in [-0.2, 0) is 109 Å². The molecule has 14 bridgehead atoms. The molecule has 0 aromatic heterocycles. The summed E-state index contributed by atoms with van der Waals surface area (Å²) in [5, 5.41) is 33.0. The van der Waals surface area contributed by atoms with Crippen LogP contribution < -0.4 is 43.0 Å². The van der Waals surface area contributed by atoms with Crippen molar-refractivity contribution in [2.24, 2.45) is 93.7 Å². The Hall–Kier alpha value is -5.95. The van der Waals surface area contributed by atoms with E-state index >= 15 is 0 Å². The normalized spacial score (nSPS) is 45.6. The minimum absolute atomic E-state index is 0.0174. The maximum absolute atomic E-state index is 11.3. The number of carbonyl (C=O) groups excluding carboxylic acids is 8. The summed E-state index contributed by atoms with van der Waals surface area (Å²) in [6, 6.07) is -0.886. The average Bonchev–Trinajstić information content (AvgIpc) is 1.84. The number of aliphatic carboxylic acids is 1. The Labute approximate surface area is 680 Å². The first-order chi connectivity index (χ1) is 53.9. The van der Waals surface area contributed by atoms with Crippen LogP contribution in [0.4, 0.5) is 0 Å². The Morgan fingerprint density at radius 2 is 0.730 bits per heavy atom. The first kappa shape index (κ1) is 94.5. The first-order valence-corrected chi connectivity index (χ1v) is 41.0. The van der Waals surface area contributed by atoms with Crippen molar-refractivity contribution in [2.75, 3.05) is 65.1 Å². The summed E-state index contributed by atoms with van der Waals surface area (Å²) in [7, 11) is 0. The minimum Gasteiger partial charge on any atom is -0.479 e. The summed E-state index contributed by atoms with van der Waals surface area (Å²) >= 11 is 4.36. The number of nitrogens with zero attached hydrogens (tertiary/aromatic N) is 3. The van der Waals surface area contributed by atoms with Gasteiger partial charge in [0.1, 0.15) is 16.8 Å². The molecule has 0 unspecified atom stereocenters. The van der Waals surface area contributed by atoms with Crippen LogP contribution >= 0.6 is 12.6 Å². The number of fused-ring (bicyclic) bond motifs is 14. The van der Waals surface area contributed by atoms with Crippen LogP contribution in [0.15, 0.2) is 5.11 Å². The van der Waals surface area contributed by atoms with Gasteiger partial charge >= 0.3 is 5.97 Å². The molecule has 0 spiro atoms. The second-order valence-electron chi connectivity index (χ2n) is 34.4. The van der Waals surface area contributed by atoms with Crippen molar-refractivity contribution in [3.63, 3.8) is 0 Å². The van der Waals surface area contributed by atoms with Crippen molar-refractivity contribution in [1.82, 2.24) is 37.2 Å². The Morgan fingerprint density at radius 3 is 1.11 bits per heavy atom. The van der Waals surface area contributed by atoms with Crippen molar-refractivity contribution in [1.29, 1.82) is 0 Å². The highest BCUT2D eigenvalue weighted by Gasteiger charge is 2.64. The quantitative estimate of drug-likeness (QED) is 0.0296. The zero-order chi connectivity index (χ0) is 85.7. The average molecular weight is 1650 g/mol. The number of nitrogens with two attached hydrogens (primary N) is 1. The molecule has 14 aliphatic heterocycles. The molecule has 14 aliphatic rings. The fourth-order valence-electron chi connectivity index (χ4n) is 18.7. The highest BCUT2D eigenvalue weighted by atomic mass is 32.1. The van der Waals surface area contributed by atoms with Gasteiger partial charge in [0, 0.05) is 77.5 Å². The third kappa shape index (κ3) is 19.3. The standard InChI is InChI=1S/C12H21NO3.C12H17NO3.C11H18N4O3.C11H20N2O3.C11H17NO5.C11H17NO4.C11H19NO3S/c2*1-5-12-6-15-11(16-12)10(13-9(4)14)7(2)8(12)3;1-6-7(2)11(4-13-15-12)5-17-10(18-11)9(6)14-8(3)16;1-6-7(2)11(4-12)5-15-10(16-11)9(6)13-8(3)14;1-5-6(2)11(10(14)15)4-16-9(17-11)8(5)12-7(3)13;1-6-7(2)11(4-13)5-15-10(16-11)9(6)12-8(3)14;1-6-7(2)11(5-16)4-14-10(15-11)9(6)12-8(3)13/h7-8,10-11H,5-6H2,1-4H3,(H,13,14);1,7-8,10-11H,6H2,2-4H3,(H,13,14);6-7,9-10H,4-5H2,1-3H3,(H,14,16);6-7,9-10H,4-5,12H2,1-3H3,(H,13,14);5-6,8-9H,4H2,1-3H3,(H,12,13)(H,14,15);4,6-7,9-10H,5H2,1-3H3,(H,12,14);6-7,9-10,16H,4-5H2,1-3H3,(H,12,13)/t2*7-,8+,10+,11-,12-;2*6-,7+,9+,10-,11-;5-,6+,8+,9-,11-;6-,7+,9+,10-,11-;6-,7+,9+,10-,11+/m0000000/s1. The van der Waals surface area contributed by atoms with Gasteiger partial charge in [0.05, 0.1) is 101 Å². The maximum Gasteiger partial charge on any atom is 0.338 e. The van der Waals surface area contributed by atoms with E-state index in [1.807, 2.05) is 41.5 Å². The number of thiol groups is 1. The van der Waals surface area contributed by atoms with Crippen LogP contribution in [-0.4, -0.2) is 249 Å². The summed E-state index contributed by atoms with van der Waals surface area (Å²) in [6.07, 6.45) is 4.36. The Morgan fingerprint density at radius 1 is 0.435 bits per heavy atom. The molecule has 14 fully saturated rings. The number of hydrogen-bond donors (Lipinski definition) is 10. The highest BCUT2D eigenvalue weighted by molar-refractivity contribution is 7.80. The van der Waals surface area contributed by atoms with Crippen LogP contribution in [0.2, 0.25) is 0 Å². The van der Waals surface area contributed by atoms with E-state index < -0.39 is 53.5 Å². The van der Waals surface area contributed by atoms with Gasteiger partial charge in [-0.05, 0) is 83.0 Å². The fraction of sp³-hybridized carbons (Fsp3) is 0.861. The molecule has 650 valence electrons. The first-order valence-electron chi connectivity index (χ1n) is 40.3. The van der Waals surface area contributed by atoms with Crippen molar-refractivity contribution >= 4 is 66.2 Å². The lowest BCUT2D eigenvalue weighted by molar-refractivity contribution is -0.200. The maximum atomic E-state index is 11.3. The van der Waals surface area contributed by atoms with Gasteiger partial charge < -0.3 is 119 Å². The molecule has 35 atom stereocenters. The Bertz CT molecular complexity index is 3430. The van der Waals surface area contributed by atoms with E-state index in [1.165, 1.54) is 48.5 Å². The monoisotopic (exact) mass is 1650 g/mol. The number of terminal acetylenes is 1. The van der Waals surface area contributed by atoms with Gasteiger partial charge in [-0.15, -0.1) is 6.42 Å². The second kappa shape index (κ2) is 38.2. The summed E-state index contributed by atoms with van der Waals surface area (Å²) in [6.45, 7) is 44.9. The van der Waals surface area contributed by atoms with Crippen molar-refractivity contribution in [2.45, 2.75) is 284 Å². The molecular formula is C79H129N11O24S. The Balaban J connectivity index is 0.000000168. The number of azide groups is 1. The number of hydrogen-bond acceptors (Lipinski definition) is 26. The third-order valence-electron chi connectivity index (χ3n) is 27.9. The predicted octanol–water partition coefficient (Wildman–Crippen LogP) is 3.75. The van der Waals surface area contributed by atoms with Crippen LogP contribution in [0.1, 0.15) is 159 Å². The summed E-state index contributed by atoms with van der Waals surface area (Å²) in [5.41, 5.74) is 10.2. The van der Waals surface area contributed by atoms with Crippen LogP contribution in [0.3, 0.4) is 0 Å². The molecule has 0 radical (unpaired) electrons. The molecule has 10 N–H and O–H groups in total. The molecule has 0 aromatic carbocycles. The number of amides is 7. The number of carboxylic acid groups (broad SMARTS) is 1. The number of carbonyl (C=O) groups is 9. The molecule has 14 saturated heterocycles. The van der Waals surface area contributed by atoms with Crippen molar-refractivity contribution in [3.8, 4) is 12.3 Å². The van der Waals surface area contributed by atoms with E-state index in [0.717, 1.165) is 12.7 Å². The smallest absolute Gasteiger partial charge is 0.338 e. The largest absolute Gasteiger partial charge is 0.479 e. The lowest BCUT2D eigenvalue weighted by Gasteiger charge is -2.44. The number of rotatable bonds is 14. The fourth-order valence-corrected chi connectivity index (χ4v) is 19.2. The number of carboxylic acids is 1. The van der Waals surface area contributed by atoms with Gasteiger partial charge in [-0.2, -0.15) is 12.6 Å². The second-order valence-corrected chi connectivity index (χ2v) is 34.7. The third-order valence-corrected chi connectivity index (χ3v) is 28.4.